The summed E-state index contributed by atoms with van der Waals surface area (Å²) >= 11 is 1.38. The second-order valence-corrected chi connectivity index (χ2v) is 18.4. The van der Waals surface area contributed by atoms with Crippen molar-refractivity contribution in [2.45, 2.75) is 134 Å². The Balaban J connectivity index is 1.93. The number of nitrogens with zero attached hydrogens (tertiary/aromatic N) is 1. The SMILES string of the molecule is CSCC[C@H](NC(=O)[C@H](Cc1c[nH]c2ccccc12)NC(=O)[C@H](CCC(N)=O)NC(=O)[C@H](CCCCN)NC(=O)[C@H](CC(C)C)NC(=O)[C@H](Cc1cnc[nH]1)NC(=O)[C@H](CCC(=O)O)NC(C)=O)C(=O)O. The summed E-state index contributed by atoms with van der Waals surface area (Å²) in [5.41, 5.74) is 13.0. The number of aliphatic carboxylic acids is 2. The number of para-hydroxylation sites is 1. The zero-order chi connectivity index (χ0) is 52.6. The summed E-state index contributed by atoms with van der Waals surface area (Å²) in [7, 11) is 0. The monoisotopic (exact) mass is 1010 g/mol. The molecule has 0 aliphatic heterocycles. The van der Waals surface area contributed by atoms with Crippen molar-refractivity contribution in [3.05, 3.63) is 54.2 Å². The van der Waals surface area contributed by atoms with Crippen LogP contribution in [0.15, 0.2) is 43.0 Å². The first-order valence-electron chi connectivity index (χ1n) is 23.3. The minimum absolute atomic E-state index is 0.00111. The number of carboxylic acids is 2. The van der Waals surface area contributed by atoms with Gasteiger partial charge in [-0.2, -0.15) is 11.8 Å². The number of hydrogen-bond acceptors (Lipinski definition) is 13. The minimum Gasteiger partial charge on any atom is -0.481 e. The highest BCUT2D eigenvalue weighted by Crippen LogP contribution is 2.20. The lowest BCUT2D eigenvalue weighted by molar-refractivity contribution is -0.142. The average molecular weight is 1010 g/mol. The molecule has 3 rings (SSSR count). The van der Waals surface area contributed by atoms with Crippen LogP contribution in [0.4, 0.5) is 0 Å². The van der Waals surface area contributed by atoms with Crippen molar-refractivity contribution in [3.8, 4) is 0 Å². The number of carbonyl (C=O) groups excluding carboxylic acids is 8. The highest BCUT2D eigenvalue weighted by Gasteiger charge is 2.35. The first-order chi connectivity index (χ1) is 33.7. The molecule has 0 aliphatic carbocycles. The Hall–Kier alpha value is -7.02. The number of primary amides is 1. The lowest BCUT2D eigenvalue weighted by atomic mass is 10.00. The Labute approximate surface area is 414 Å². The fourth-order valence-electron chi connectivity index (χ4n) is 7.48. The third-order valence-electron chi connectivity index (χ3n) is 11.1. The maximum absolute atomic E-state index is 14.3. The van der Waals surface area contributed by atoms with Gasteiger partial charge in [-0.15, -0.1) is 0 Å². The highest BCUT2D eigenvalue weighted by molar-refractivity contribution is 7.98. The Morgan fingerprint density at radius 3 is 1.75 bits per heavy atom. The number of carbonyl (C=O) groups is 10. The van der Waals surface area contributed by atoms with Crippen LogP contribution in [0.25, 0.3) is 10.9 Å². The van der Waals surface area contributed by atoms with Gasteiger partial charge in [0.1, 0.15) is 42.3 Å². The van der Waals surface area contributed by atoms with Gasteiger partial charge >= 0.3 is 11.9 Å². The van der Waals surface area contributed by atoms with Gasteiger partial charge in [0.05, 0.1) is 6.33 Å². The number of aromatic amines is 2. The van der Waals surface area contributed by atoms with Crippen LogP contribution in [-0.2, 0) is 60.8 Å². The second-order valence-electron chi connectivity index (χ2n) is 17.4. The highest BCUT2D eigenvalue weighted by atomic mass is 32.2. The van der Waals surface area contributed by atoms with Gasteiger partial charge in [0.25, 0.3) is 0 Å². The van der Waals surface area contributed by atoms with Crippen molar-refractivity contribution < 1.29 is 58.2 Å². The van der Waals surface area contributed by atoms with Crippen LogP contribution < -0.4 is 48.7 Å². The van der Waals surface area contributed by atoms with Gasteiger partial charge in [-0.25, -0.2) is 9.78 Å². The summed E-state index contributed by atoms with van der Waals surface area (Å²) in [6.07, 6.45) is 5.30. The van der Waals surface area contributed by atoms with Crippen LogP contribution in [0.5, 0.6) is 0 Å². The molecule has 390 valence electrons. The number of imidazole rings is 1. The van der Waals surface area contributed by atoms with Crippen LogP contribution >= 0.6 is 11.8 Å². The quantitative estimate of drug-likeness (QED) is 0.0333. The van der Waals surface area contributed by atoms with Gasteiger partial charge in [-0.05, 0) is 81.0 Å². The number of nitrogens with two attached hydrogens (primary N) is 2. The number of aromatic nitrogens is 3. The van der Waals surface area contributed by atoms with Crippen molar-refractivity contribution in [1.29, 1.82) is 0 Å². The molecule has 0 radical (unpaired) electrons. The first-order valence-corrected chi connectivity index (χ1v) is 24.7. The zero-order valence-corrected chi connectivity index (χ0v) is 41.2. The van der Waals surface area contributed by atoms with E-state index in [9.17, 15) is 58.2 Å². The summed E-state index contributed by atoms with van der Waals surface area (Å²) in [6, 6.07) is -2.34. The predicted octanol–water partition coefficient (Wildman–Crippen LogP) is -0.767. The first kappa shape index (κ1) is 58.3. The van der Waals surface area contributed by atoms with E-state index in [4.69, 9.17) is 11.5 Å². The fourth-order valence-corrected chi connectivity index (χ4v) is 7.96. The summed E-state index contributed by atoms with van der Waals surface area (Å²) in [5, 5.41) is 37.9. The van der Waals surface area contributed by atoms with Crippen molar-refractivity contribution >= 4 is 81.9 Å². The van der Waals surface area contributed by atoms with E-state index in [2.05, 4.69) is 52.2 Å². The van der Waals surface area contributed by atoms with Crippen LogP contribution in [-0.4, -0.2) is 145 Å². The van der Waals surface area contributed by atoms with E-state index in [0.717, 1.165) is 17.8 Å². The Kier molecular flexibility index (Phi) is 24.5. The number of unbranched alkanes of at least 4 members (excludes halogenated alkanes) is 1. The number of hydrogen-bond donors (Lipinski definition) is 13. The molecule has 0 saturated heterocycles. The summed E-state index contributed by atoms with van der Waals surface area (Å²) in [5.74, 6) is -8.86. The molecule has 2 heterocycles. The van der Waals surface area contributed by atoms with Crippen molar-refractivity contribution in [2.75, 3.05) is 18.6 Å². The number of carboxylic acid groups (broad SMARTS) is 2. The molecular formula is C46H68N12O12S. The minimum atomic E-state index is -1.51. The molecule has 15 N–H and O–H groups in total. The van der Waals surface area contributed by atoms with Crippen molar-refractivity contribution in [3.63, 3.8) is 0 Å². The Bertz CT molecular complexity index is 2290. The van der Waals surface area contributed by atoms with Gasteiger partial charge in [0.2, 0.25) is 47.3 Å². The Morgan fingerprint density at radius 2 is 1.20 bits per heavy atom. The fraction of sp³-hybridized carbons (Fsp3) is 0.543. The molecule has 25 heteroatoms. The predicted molar refractivity (Wildman–Crippen MR) is 262 cm³/mol. The second kappa shape index (κ2) is 29.9. The normalized spacial score (nSPS) is 14.1. The molecule has 0 bridgehead atoms. The van der Waals surface area contributed by atoms with Crippen LogP contribution in [0.2, 0.25) is 0 Å². The molecule has 0 fully saturated rings. The molecule has 0 aliphatic rings. The molecule has 24 nitrogen and oxygen atoms in total. The van der Waals surface area contributed by atoms with Gasteiger partial charge < -0.3 is 68.9 Å². The molecule has 0 saturated carbocycles. The van der Waals surface area contributed by atoms with Gasteiger partial charge in [-0.1, -0.05) is 32.0 Å². The molecule has 8 amide bonds. The van der Waals surface area contributed by atoms with E-state index in [1.165, 1.54) is 24.3 Å². The van der Waals surface area contributed by atoms with E-state index < -0.39 is 108 Å². The maximum atomic E-state index is 14.3. The number of thioether (sulfide) groups is 1. The molecule has 71 heavy (non-hydrogen) atoms. The number of rotatable bonds is 33. The third kappa shape index (κ3) is 20.5. The molecule has 0 unspecified atom stereocenters. The number of fused-ring (bicyclic) bond motifs is 1. The lowest BCUT2D eigenvalue weighted by Gasteiger charge is -2.28. The summed E-state index contributed by atoms with van der Waals surface area (Å²) in [4.78, 5) is 142. The zero-order valence-electron chi connectivity index (χ0n) is 40.3. The summed E-state index contributed by atoms with van der Waals surface area (Å²) in [6.45, 7) is 4.94. The molecular weight excluding hydrogens is 945 g/mol. The van der Waals surface area contributed by atoms with Gasteiger partial charge in [0, 0.05) is 61.6 Å². The lowest BCUT2D eigenvalue weighted by Crippen LogP contribution is -2.60. The van der Waals surface area contributed by atoms with E-state index in [1.807, 2.05) is 6.07 Å². The topological polar surface area (TPSA) is 392 Å². The Morgan fingerprint density at radius 1 is 0.662 bits per heavy atom. The molecule has 3 aromatic rings. The van der Waals surface area contributed by atoms with Gasteiger partial charge in [0.15, 0.2) is 0 Å². The largest absolute Gasteiger partial charge is 0.481 e. The molecule has 1 aromatic carbocycles. The van der Waals surface area contributed by atoms with E-state index >= 15 is 0 Å². The van der Waals surface area contributed by atoms with E-state index in [0.29, 0.717) is 29.9 Å². The van der Waals surface area contributed by atoms with Crippen LogP contribution in [0.1, 0.15) is 89.8 Å². The van der Waals surface area contributed by atoms with Gasteiger partial charge in [-0.3, -0.25) is 43.2 Å². The molecule has 7 atom stereocenters. The number of amides is 8. The number of H-pyrrole nitrogens is 2. The van der Waals surface area contributed by atoms with Crippen molar-refractivity contribution in [2.24, 2.45) is 17.4 Å². The number of benzene rings is 1. The smallest absolute Gasteiger partial charge is 0.326 e. The molecule has 2 aromatic heterocycles. The van der Waals surface area contributed by atoms with Crippen molar-refractivity contribution in [1.82, 2.24) is 52.2 Å². The van der Waals surface area contributed by atoms with Crippen LogP contribution in [0, 0.1) is 5.92 Å². The molecule has 0 spiro atoms. The standard InChI is InChI=1S/C46H68N12O12S/c1-25(2)19-35(56-45(68)37(21-28-23-49-24-51-28)58-41(64)32(52-26(3)59)13-15-39(61)62)43(66)53-31(11-7-8-17-47)40(63)54-33(12-14-38(48)60)42(65)57-36(44(67)55-34(46(69)70)16-18-71-4)20-27-22-50-30-10-6-5-9-29(27)30/h5-6,9-10,22-25,31-37,50H,7-8,11-21,47H2,1-4H3,(H2,48,60)(H,49,51)(H,52,59)(H,53,66)(H,54,63)(H,55,67)(H,56,68)(H,57,65)(H,58,64)(H,61,62)(H,69,70)/t31-,32-,33-,34-,35-,36-,37-/m0/s1. The van der Waals surface area contributed by atoms with E-state index in [-0.39, 0.29) is 63.8 Å². The maximum Gasteiger partial charge on any atom is 0.326 e. The summed E-state index contributed by atoms with van der Waals surface area (Å²) < 4.78 is 0. The van der Waals surface area contributed by atoms with Crippen LogP contribution in [0.3, 0.4) is 0 Å². The van der Waals surface area contributed by atoms with E-state index in [1.54, 1.807) is 44.5 Å². The third-order valence-corrected chi connectivity index (χ3v) is 11.8. The number of nitrogens with one attached hydrogen (secondary N) is 9. The average Bonchev–Trinajstić information content (AvgIpc) is 3.98.